The summed E-state index contributed by atoms with van der Waals surface area (Å²) in [7, 11) is 0. The fraction of sp³-hybridized carbons (Fsp3) is 0.500. The summed E-state index contributed by atoms with van der Waals surface area (Å²) in [6, 6.07) is 5.63. The molecule has 0 aliphatic carbocycles. The van der Waals surface area contributed by atoms with Crippen LogP contribution in [0, 0.1) is 0 Å². The van der Waals surface area contributed by atoms with Crippen LogP contribution in [0.15, 0.2) is 24.4 Å². The van der Waals surface area contributed by atoms with Crippen molar-refractivity contribution in [2.45, 2.75) is 39.3 Å². The molecular weight excluding hydrogens is 202 g/mol. The number of nitrogens with zero attached hydrogens (tertiary/aromatic N) is 1. The number of nitrogens with one attached hydrogen (secondary N) is 2. The van der Waals surface area contributed by atoms with E-state index < -0.39 is 0 Å². The number of carbonyl (C=O) groups excluding carboxylic acids is 1. The second-order valence-corrected chi connectivity index (χ2v) is 3.90. The zero-order valence-electron chi connectivity index (χ0n) is 10.0. The van der Waals surface area contributed by atoms with Crippen molar-refractivity contribution < 1.29 is 4.79 Å². The number of rotatable bonds is 4. The van der Waals surface area contributed by atoms with Gasteiger partial charge in [-0.3, -0.25) is 4.98 Å². The lowest BCUT2D eigenvalue weighted by molar-refractivity contribution is 0.234. The Balaban J connectivity index is 2.46. The summed E-state index contributed by atoms with van der Waals surface area (Å²) >= 11 is 0. The fourth-order valence-electron chi connectivity index (χ4n) is 1.27. The molecule has 0 spiro atoms. The minimum atomic E-state index is -0.146. The summed E-state index contributed by atoms with van der Waals surface area (Å²) in [6.07, 6.45) is 2.64. The van der Waals surface area contributed by atoms with Gasteiger partial charge in [-0.1, -0.05) is 13.0 Å². The molecule has 0 aliphatic rings. The van der Waals surface area contributed by atoms with Gasteiger partial charge in [-0.15, -0.1) is 0 Å². The summed E-state index contributed by atoms with van der Waals surface area (Å²) in [5, 5.41) is 5.70. The molecule has 2 amide bonds. The Labute approximate surface area is 96.5 Å². The SMILES string of the molecule is CC[C@@H](C)NC(=O)N[C@@H](C)c1ccccn1. The number of hydrogen-bond donors (Lipinski definition) is 2. The molecule has 4 heteroatoms. The average molecular weight is 221 g/mol. The molecule has 0 bridgehead atoms. The van der Waals surface area contributed by atoms with Gasteiger partial charge in [-0.25, -0.2) is 4.79 Å². The van der Waals surface area contributed by atoms with Gasteiger partial charge in [0.25, 0.3) is 0 Å². The molecule has 0 radical (unpaired) electrons. The first-order chi connectivity index (χ1) is 7.63. The molecule has 1 heterocycles. The molecule has 0 unspecified atom stereocenters. The fourth-order valence-corrected chi connectivity index (χ4v) is 1.27. The lowest BCUT2D eigenvalue weighted by Crippen LogP contribution is -2.41. The number of aromatic nitrogens is 1. The molecule has 1 aromatic rings. The molecule has 16 heavy (non-hydrogen) atoms. The quantitative estimate of drug-likeness (QED) is 0.819. The second-order valence-electron chi connectivity index (χ2n) is 3.90. The van der Waals surface area contributed by atoms with E-state index >= 15 is 0 Å². The molecule has 1 rings (SSSR count). The van der Waals surface area contributed by atoms with Gasteiger partial charge in [0.2, 0.25) is 0 Å². The molecule has 2 N–H and O–H groups in total. The minimum absolute atomic E-state index is 0.0785. The third kappa shape index (κ3) is 3.88. The zero-order chi connectivity index (χ0) is 12.0. The van der Waals surface area contributed by atoms with Crippen molar-refractivity contribution in [2.75, 3.05) is 0 Å². The first-order valence-electron chi connectivity index (χ1n) is 5.61. The monoisotopic (exact) mass is 221 g/mol. The van der Waals surface area contributed by atoms with E-state index in [1.807, 2.05) is 39.0 Å². The summed E-state index contributed by atoms with van der Waals surface area (Å²) in [5.41, 5.74) is 0.863. The van der Waals surface area contributed by atoms with Crippen LogP contribution >= 0.6 is 0 Å². The Bertz CT molecular complexity index is 326. The van der Waals surface area contributed by atoms with Crippen LogP contribution in [0.3, 0.4) is 0 Å². The van der Waals surface area contributed by atoms with Crippen molar-refractivity contribution in [1.82, 2.24) is 15.6 Å². The van der Waals surface area contributed by atoms with Gasteiger partial charge in [0, 0.05) is 12.2 Å². The van der Waals surface area contributed by atoms with E-state index in [0.717, 1.165) is 12.1 Å². The summed E-state index contributed by atoms with van der Waals surface area (Å²) in [5.74, 6) is 0. The highest BCUT2D eigenvalue weighted by Crippen LogP contribution is 2.07. The highest BCUT2D eigenvalue weighted by atomic mass is 16.2. The van der Waals surface area contributed by atoms with E-state index in [9.17, 15) is 4.79 Å². The third-order valence-electron chi connectivity index (χ3n) is 2.47. The topological polar surface area (TPSA) is 54.0 Å². The van der Waals surface area contributed by atoms with Gasteiger partial charge in [0.1, 0.15) is 0 Å². The smallest absolute Gasteiger partial charge is 0.315 e. The van der Waals surface area contributed by atoms with Crippen LogP contribution in [0.5, 0.6) is 0 Å². The van der Waals surface area contributed by atoms with Crippen molar-refractivity contribution in [3.8, 4) is 0 Å². The molecule has 0 fully saturated rings. The first-order valence-corrected chi connectivity index (χ1v) is 5.61. The largest absolute Gasteiger partial charge is 0.336 e. The Morgan fingerprint density at radius 2 is 2.12 bits per heavy atom. The zero-order valence-corrected chi connectivity index (χ0v) is 10.0. The van der Waals surface area contributed by atoms with Crippen molar-refractivity contribution in [1.29, 1.82) is 0 Å². The molecule has 4 nitrogen and oxygen atoms in total. The van der Waals surface area contributed by atoms with Gasteiger partial charge in [-0.05, 0) is 32.4 Å². The second kappa shape index (κ2) is 6.10. The van der Waals surface area contributed by atoms with Crippen LogP contribution in [0.2, 0.25) is 0 Å². The van der Waals surface area contributed by atoms with Crippen molar-refractivity contribution in [3.05, 3.63) is 30.1 Å². The van der Waals surface area contributed by atoms with Crippen LogP contribution < -0.4 is 10.6 Å². The van der Waals surface area contributed by atoms with Crippen LogP contribution in [-0.2, 0) is 0 Å². The molecule has 0 aromatic carbocycles. The van der Waals surface area contributed by atoms with Crippen molar-refractivity contribution in [3.63, 3.8) is 0 Å². The maximum atomic E-state index is 11.5. The van der Waals surface area contributed by atoms with Crippen LogP contribution in [0.1, 0.15) is 38.9 Å². The van der Waals surface area contributed by atoms with Crippen molar-refractivity contribution in [2.24, 2.45) is 0 Å². The summed E-state index contributed by atoms with van der Waals surface area (Å²) < 4.78 is 0. The van der Waals surface area contributed by atoms with Crippen LogP contribution in [0.4, 0.5) is 4.79 Å². The Kier molecular flexibility index (Phi) is 4.76. The van der Waals surface area contributed by atoms with E-state index in [1.54, 1.807) is 6.20 Å². The molecule has 2 atom stereocenters. The number of pyridine rings is 1. The van der Waals surface area contributed by atoms with Gasteiger partial charge >= 0.3 is 6.03 Å². The number of carbonyl (C=O) groups is 1. The normalized spacial score (nSPS) is 13.9. The summed E-state index contributed by atoms with van der Waals surface area (Å²) in [4.78, 5) is 15.7. The Morgan fingerprint density at radius 3 is 2.69 bits per heavy atom. The predicted octanol–water partition coefficient (Wildman–Crippen LogP) is 2.24. The number of amides is 2. The maximum Gasteiger partial charge on any atom is 0.315 e. The minimum Gasteiger partial charge on any atom is -0.336 e. The van der Waals surface area contributed by atoms with E-state index in [0.29, 0.717) is 0 Å². The Hall–Kier alpha value is -1.58. The van der Waals surface area contributed by atoms with Crippen molar-refractivity contribution >= 4 is 6.03 Å². The van der Waals surface area contributed by atoms with Crippen LogP contribution in [-0.4, -0.2) is 17.1 Å². The molecule has 1 aromatic heterocycles. The van der Waals surface area contributed by atoms with E-state index in [1.165, 1.54) is 0 Å². The lowest BCUT2D eigenvalue weighted by Gasteiger charge is -2.16. The van der Waals surface area contributed by atoms with Gasteiger partial charge in [-0.2, -0.15) is 0 Å². The molecule has 0 saturated carbocycles. The van der Waals surface area contributed by atoms with E-state index in [4.69, 9.17) is 0 Å². The summed E-state index contributed by atoms with van der Waals surface area (Å²) in [6.45, 7) is 5.93. The number of hydrogen-bond acceptors (Lipinski definition) is 2. The highest BCUT2D eigenvalue weighted by molar-refractivity contribution is 5.74. The standard InChI is InChI=1S/C12H19N3O/c1-4-9(2)14-12(16)15-10(3)11-7-5-6-8-13-11/h5-10H,4H2,1-3H3,(H2,14,15,16)/t9-,10+/m1/s1. The molecule has 0 aliphatic heterocycles. The first kappa shape index (κ1) is 12.5. The third-order valence-corrected chi connectivity index (χ3v) is 2.47. The lowest BCUT2D eigenvalue weighted by atomic mass is 10.2. The molecule has 88 valence electrons. The van der Waals surface area contributed by atoms with E-state index in [2.05, 4.69) is 15.6 Å². The van der Waals surface area contributed by atoms with Crippen LogP contribution in [0.25, 0.3) is 0 Å². The maximum absolute atomic E-state index is 11.5. The Morgan fingerprint density at radius 1 is 1.38 bits per heavy atom. The van der Waals surface area contributed by atoms with E-state index in [-0.39, 0.29) is 18.1 Å². The predicted molar refractivity (Wildman–Crippen MR) is 64.1 cm³/mol. The number of urea groups is 1. The highest BCUT2D eigenvalue weighted by Gasteiger charge is 2.11. The van der Waals surface area contributed by atoms with Gasteiger partial charge in [0.05, 0.1) is 11.7 Å². The average Bonchev–Trinajstić information content (AvgIpc) is 2.29. The van der Waals surface area contributed by atoms with Gasteiger partial charge in [0.15, 0.2) is 0 Å². The van der Waals surface area contributed by atoms with Gasteiger partial charge < -0.3 is 10.6 Å². The molecule has 0 saturated heterocycles. The molecular formula is C12H19N3O.